The zero-order chi connectivity index (χ0) is 34.7. The zero-order valence-electron chi connectivity index (χ0n) is 31.5. The average Bonchev–Trinajstić information content (AvgIpc) is 3.73. The van der Waals surface area contributed by atoms with Crippen LogP contribution in [0.25, 0.3) is 0 Å². The first-order valence-electron chi connectivity index (χ1n) is 18.1. The van der Waals surface area contributed by atoms with E-state index in [9.17, 15) is 25.2 Å². The minimum absolute atomic E-state index is 0. The second-order valence-corrected chi connectivity index (χ2v) is 16.3. The third-order valence-corrected chi connectivity index (χ3v) is 13.0. The van der Waals surface area contributed by atoms with E-state index in [1.807, 2.05) is 20.8 Å². The first kappa shape index (κ1) is 43.5. The molecule has 0 amide bonds. The van der Waals surface area contributed by atoms with E-state index in [1.165, 1.54) is 7.11 Å². The van der Waals surface area contributed by atoms with Crippen LogP contribution in [0.4, 0.5) is 0 Å². The predicted octanol–water partition coefficient (Wildman–Crippen LogP) is -0.882. The van der Waals surface area contributed by atoms with Crippen molar-refractivity contribution in [2.24, 2.45) is 35.5 Å². The van der Waals surface area contributed by atoms with Gasteiger partial charge in [-0.25, -0.2) is 0 Å². The molecule has 0 aromatic rings. The molecule has 1 unspecified atom stereocenters. The summed E-state index contributed by atoms with van der Waals surface area (Å²) < 4.78 is 39.3. The molecule has 5 aliphatic heterocycles. The summed E-state index contributed by atoms with van der Waals surface area (Å²) in [5.74, 6) is -4.97. The molecule has 1 spiro atoms. The minimum atomic E-state index is -1.57. The Bertz CT molecular complexity index is 1120. The Balaban J connectivity index is 0.00000325. The van der Waals surface area contributed by atoms with E-state index in [0.29, 0.717) is 19.3 Å². The molecular weight excluding hydrogens is 647 g/mol. The van der Waals surface area contributed by atoms with E-state index < -0.39 is 59.6 Å². The number of rotatable bonds is 10. The summed E-state index contributed by atoms with van der Waals surface area (Å²) in [5, 5.41) is 43.9. The van der Waals surface area contributed by atoms with Crippen LogP contribution < -0.4 is 34.7 Å². The smallest absolute Gasteiger partial charge is 0.550 e. The number of hydrogen-bond acceptors (Lipinski definition) is 11. The third kappa shape index (κ3) is 7.98. The fourth-order valence-electron chi connectivity index (χ4n) is 9.91. The molecule has 0 aromatic heterocycles. The maximum absolute atomic E-state index is 11.7. The van der Waals surface area contributed by atoms with Crippen LogP contribution >= 0.6 is 0 Å². The number of carboxylic acid groups (broad SMARTS) is 1. The second kappa shape index (κ2) is 16.2. The first-order valence-corrected chi connectivity index (χ1v) is 18.1. The normalized spacial score (nSPS) is 48.8. The van der Waals surface area contributed by atoms with Gasteiger partial charge in [0.25, 0.3) is 0 Å². The summed E-state index contributed by atoms with van der Waals surface area (Å²) in [6.45, 7) is 15.4. The SMILES string of the molecule is CC[C@@]1([C@@H]2O[C@H]([C@H]3OC(O)(CO)[C@H](C)C[C@@H]3C)C[C@@H]2C)CC[C@H]([C@]2(C)CC[C@]3(C[C@H](O)[C@@H](C)[C@@H]([C@@H](C)[C@@H](OC)[C@H](C)C(=O)[O-])O3)O2)O1.O.[Na+]. The number of aliphatic hydroxyl groups excluding tert-OH is 2. The molecule has 5 aliphatic rings. The van der Waals surface area contributed by atoms with Gasteiger partial charge in [-0.05, 0) is 57.3 Å². The number of carbonyl (C=O) groups excluding carboxylic acids is 1. The second-order valence-electron chi connectivity index (χ2n) is 16.3. The van der Waals surface area contributed by atoms with Crippen LogP contribution in [-0.4, -0.2) is 106 Å². The monoisotopic (exact) mass is 710 g/mol. The Labute approximate surface area is 314 Å². The van der Waals surface area contributed by atoms with Gasteiger partial charge in [0.1, 0.15) is 0 Å². The van der Waals surface area contributed by atoms with Crippen molar-refractivity contribution in [3.05, 3.63) is 0 Å². The van der Waals surface area contributed by atoms with E-state index in [2.05, 4.69) is 27.7 Å². The number of aliphatic carboxylic acids is 1. The van der Waals surface area contributed by atoms with E-state index in [4.69, 9.17) is 28.4 Å². The first-order chi connectivity index (χ1) is 22.0. The van der Waals surface area contributed by atoms with Crippen LogP contribution in [0.5, 0.6) is 0 Å². The average molecular weight is 711 g/mol. The van der Waals surface area contributed by atoms with E-state index >= 15 is 0 Å². The van der Waals surface area contributed by atoms with Gasteiger partial charge in [-0.15, -0.1) is 0 Å². The van der Waals surface area contributed by atoms with Crippen molar-refractivity contribution < 1.29 is 88.7 Å². The molecule has 13 heteroatoms. The number of ether oxygens (including phenoxy) is 6. The molecule has 5 rings (SSSR count). The largest absolute Gasteiger partial charge is 1.00 e. The van der Waals surface area contributed by atoms with Crippen molar-refractivity contribution in [1.82, 2.24) is 0 Å². The molecule has 0 radical (unpaired) electrons. The number of aliphatic hydroxyl groups is 3. The number of carboxylic acids is 1. The molecule has 0 bridgehead atoms. The van der Waals surface area contributed by atoms with Crippen molar-refractivity contribution in [2.75, 3.05) is 13.7 Å². The quantitative estimate of drug-likeness (QED) is 0.239. The number of methoxy groups -OCH3 is 1. The van der Waals surface area contributed by atoms with E-state index in [0.717, 1.165) is 32.1 Å². The fourth-order valence-corrected chi connectivity index (χ4v) is 9.91. The number of carbonyl (C=O) groups is 1. The van der Waals surface area contributed by atoms with Crippen LogP contribution in [0.3, 0.4) is 0 Å². The Kier molecular flexibility index (Phi) is 14.4. The van der Waals surface area contributed by atoms with Crippen LogP contribution in [-0.2, 0) is 33.2 Å². The molecule has 0 saturated carbocycles. The van der Waals surface area contributed by atoms with Gasteiger partial charge >= 0.3 is 29.6 Å². The van der Waals surface area contributed by atoms with Crippen LogP contribution in [0.2, 0.25) is 0 Å². The molecule has 0 aliphatic carbocycles. The molecule has 49 heavy (non-hydrogen) atoms. The molecule has 12 nitrogen and oxygen atoms in total. The Hall–Kier alpha value is 0.0700. The van der Waals surface area contributed by atoms with Gasteiger partial charge in [-0.3, -0.25) is 0 Å². The van der Waals surface area contributed by atoms with Crippen LogP contribution in [0.1, 0.15) is 107 Å². The molecule has 17 atom stereocenters. The van der Waals surface area contributed by atoms with Crippen molar-refractivity contribution in [3.8, 4) is 0 Å². The van der Waals surface area contributed by atoms with Gasteiger partial charge in [-0.2, -0.15) is 0 Å². The molecule has 5 saturated heterocycles. The molecular formula is C36H63NaO12. The maximum atomic E-state index is 11.7. The van der Waals surface area contributed by atoms with Crippen LogP contribution in [0, 0.1) is 35.5 Å². The standard InChI is InChI=1S/C36H62O11.Na.H2O/c1-10-34(31-20(3)16-26(43-31)28-19(2)15-21(4)36(41,18-37)46-28)12-11-27(44-34)33(8)13-14-35(47-33)17-25(38)22(5)30(45-35)23(6)29(42-9)24(7)32(39)40;;/h19-31,37-38,41H,10-18H2,1-9H3,(H,39,40);;1H2/q;+1;/p-1/t19-,20-,21+,22+,23-,24-,25-,26-,27+,28-,29+,30-,31+,33-,34-,35+,36?;;/m0../s1. The Morgan fingerprint density at radius 1 is 1.04 bits per heavy atom. The van der Waals surface area contributed by atoms with Gasteiger partial charge in [0.2, 0.25) is 0 Å². The zero-order valence-corrected chi connectivity index (χ0v) is 33.5. The number of hydrogen-bond donors (Lipinski definition) is 3. The topological polar surface area (TPSA) is 188 Å². The minimum Gasteiger partial charge on any atom is -0.550 e. The van der Waals surface area contributed by atoms with Gasteiger partial charge in [0.15, 0.2) is 11.6 Å². The Morgan fingerprint density at radius 3 is 2.31 bits per heavy atom. The predicted molar refractivity (Wildman–Crippen MR) is 173 cm³/mol. The molecule has 0 aromatic carbocycles. The van der Waals surface area contributed by atoms with Crippen molar-refractivity contribution >= 4 is 5.97 Å². The van der Waals surface area contributed by atoms with Crippen molar-refractivity contribution in [3.63, 3.8) is 0 Å². The maximum Gasteiger partial charge on any atom is 1.00 e. The Morgan fingerprint density at radius 2 is 1.71 bits per heavy atom. The van der Waals surface area contributed by atoms with Gasteiger partial charge in [-0.1, -0.05) is 48.5 Å². The summed E-state index contributed by atoms with van der Waals surface area (Å²) in [6.07, 6.45) is 2.81. The van der Waals surface area contributed by atoms with Gasteiger partial charge < -0.3 is 59.1 Å². The summed E-state index contributed by atoms with van der Waals surface area (Å²) >= 11 is 0. The summed E-state index contributed by atoms with van der Waals surface area (Å²) in [5.41, 5.74) is -1.16. The van der Waals surface area contributed by atoms with Gasteiger partial charge in [0, 0.05) is 49.6 Å². The molecule has 5 fully saturated rings. The third-order valence-electron chi connectivity index (χ3n) is 13.0. The molecule has 5 heterocycles. The summed E-state index contributed by atoms with van der Waals surface area (Å²) in [4.78, 5) is 11.7. The summed E-state index contributed by atoms with van der Waals surface area (Å²) in [7, 11) is 1.50. The van der Waals surface area contributed by atoms with Crippen molar-refractivity contribution in [1.29, 1.82) is 0 Å². The molecule has 5 N–H and O–H groups in total. The summed E-state index contributed by atoms with van der Waals surface area (Å²) in [6, 6.07) is 0. The fraction of sp³-hybridized carbons (Fsp3) is 0.972. The molecule has 280 valence electrons. The van der Waals surface area contributed by atoms with E-state index in [1.54, 1.807) is 6.92 Å². The van der Waals surface area contributed by atoms with E-state index in [-0.39, 0.29) is 89.0 Å². The van der Waals surface area contributed by atoms with Crippen molar-refractivity contribution in [2.45, 2.75) is 172 Å². The van der Waals surface area contributed by atoms with Gasteiger partial charge in [0.05, 0.1) is 60.5 Å². The van der Waals surface area contributed by atoms with Crippen LogP contribution in [0.15, 0.2) is 0 Å².